The second kappa shape index (κ2) is 9.27. The summed E-state index contributed by atoms with van der Waals surface area (Å²) < 4.78 is 0. The number of hydrogen-bond donors (Lipinski definition) is 1. The summed E-state index contributed by atoms with van der Waals surface area (Å²) in [6, 6.07) is 13.8. The van der Waals surface area contributed by atoms with Gasteiger partial charge in [-0.05, 0) is 56.0 Å². The molecule has 2 aromatic carbocycles. The summed E-state index contributed by atoms with van der Waals surface area (Å²) in [4.78, 5) is 32.0. The summed E-state index contributed by atoms with van der Waals surface area (Å²) in [6.07, 6.45) is 0.963. The molecule has 0 aliphatic carbocycles. The molecule has 5 nitrogen and oxygen atoms in total. The van der Waals surface area contributed by atoms with Crippen LogP contribution in [0, 0.1) is 20.8 Å². The lowest BCUT2D eigenvalue weighted by Gasteiger charge is -2.15. The average molecular weight is 410 g/mol. The largest absolute Gasteiger partial charge is 0.326 e. The first-order chi connectivity index (χ1) is 13.9. The number of nitrogens with one attached hydrogen (secondary N) is 1. The standard InChI is InChI=1S/C23H27N3O2S/c1-5-12-26-22(28)20(29-23(26)25-18-9-7-6-8-16(18)3)14-21(27)24-19-13-15(2)10-11-17(19)4/h6-11,13,20H,5,12,14H2,1-4H3,(H,24,27). The number of hydrogen-bond acceptors (Lipinski definition) is 4. The van der Waals surface area contributed by atoms with Gasteiger partial charge in [0.1, 0.15) is 5.25 Å². The number of amidine groups is 1. The third kappa shape index (κ3) is 5.07. The number of benzene rings is 2. The molecule has 2 amide bonds. The van der Waals surface area contributed by atoms with Crippen LogP contribution in [0.2, 0.25) is 0 Å². The Morgan fingerprint density at radius 2 is 1.90 bits per heavy atom. The molecule has 0 spiro atoms. The highest BCUT2D eigenvalue weighted by atomic mass is 32.2. The van der Waals surface area contributed by atoms with Crippen LogP contribution in [0.4, 0.5) is 11.4 Å². The lowest BCUT2D eigenvalue weighted by molar-refractivity contribution is -0.128. The first kappa shape index (κ1) is 21.1. The Morgan fingerprint density at radius 3 is 2.62 bits per heavy atom. The van der Waals surface area contributed by atoms with Crippen molar-refractivity contribution in [3.05, 3.63) is 59.2 Å². The molecule has 1 aliphatic heterocycles. The molecule has 29 heavy (non-hydrogen) atoms. The van der Waals surface area contributed by atoms with Crippen molar-refractivity contribution in [1.29, 1.82) is 0 Å². The summed E-state index contributed by atoms with van der Waals surface area (Å²) >= 11 is 1.38. The fraction of sp³-hybridized carbons (Fsp3) is 0.348. The first-order valence-corrected chi connectivity index (χ1v) is 10.8. The van der Waals surface area contributed by atoms with Crippen molar-refractivity contribution < 1.29 is 9.59 Å². The Kier molecular flexibility index (Phi) is 6.75. The van der Waals surface area contributed by atoms with E-state index in [4.69, 9.17) is 4.99 Å². The van der Waals surface area contributed by atoms with Crippen LogP contribution in [-0.2, 0) is 9.59 Å². The topological polar surface area (TPSA) is 61.8 Å². The normalized spacial score (nSPS) is 17.8. The van der Waals surface area contributed by atoms with Gasteiger partial charge in [0.05, 0.1) is 5.69 Å². The molecular formula is C23H27N3O2S. The summed E-state index contributed by atoms with van der Waals surface area (Å²) in [6.45, 7) is 8.58. The van der Waals surface area contributed by atoms with Gasteiger partial charge in [-0.2, -0.15) is 0 Å². The van der Waals surface area contributed by atoms with Crippen molar-refractivity contribution in [2.45, 2.75) is 45.8 Å². The summed E-state index contributed by atoms with van der Waals surface area (Å²) in [5.41, 5.74) is 4.79. The third-order valence-corrected chi connectivity index (χ3v) is 6.01. The Balaban J connectivity index is 1.76. The molecule has 1 atom stereocenters. The van der Waals surface area contributed by atoms with Crippen LogP contribution < -0.4 is 5.32 Å². The third-order valence-electron chi connectivity index (χ3n) is 4.84. The zero-order valence-corrected chi connectivity index (χ0v) is 18.2. The zero-order valence-electron chi connectivity index (χ0n) is 17.4. The van der Waals surface area contributed by atoms with E-state index in [0.717, 1.165) is 34.5 Å². The molecule has 152 valence electrons. The van der Waals surface area contributed by atoms with Crippen molar-refractivity contribution in [2.24, 2.45) is 4.99 Å². The fourth-order valence-electron chi connectivity index (χ4n) is 3.19. The Labute approximate surface area is 176 Å². The van der Waals surface area contributed by atoms with Crippen LogP contribution in [-0.4, -0.2) is 33.7 Å². The molecular weight excluding hydrogens is 382 g/mol. The highest BCUT2D eigenvalue weighted by Crippen LogP contribution is 2.33. The van der Waals surface area contributed by atoms with Gasteiger partial charge in [0.2, 0.25) is 11.8 Å². The van der Waals surface area contributed by atoms with Gasteiger partial charge in [-0.15, -0.1) is 0 Å². The quantitative estimate of drug-likeness (QED) is 0.732. The fourth-order valence-corrected chi connectivity index (χ4v) is 4.36. The number of nitrogens with zero attached hydrogens (tertiary/aromatic N) is 2. The molecule has 1 fully saturated rings. The predicted molar refractivity (Wildman–Crippen MR) is 121 cm³/mol. The molecule has 2 aromatic rings. The molecule has 1 saturated heterocycles. The van der Waals surface area contributed by atoms with Crippen molar-refractivity contribution in [3.63, 3.8) is 0 Å². The highest BCUT2D eigenvalue weighted by Gasteiger charge is 2.38. The number of para-hydroxylation sites is 1. The van der Waals surface area contributed by atoms with Gasteiger partial charge in [0.25, 0.3) is 0 Å². The lowest BCUT2D eigenvalue weighted by Crippen LogP contribution is -2.34. The molecule has 1 aliphatic rings. The number of aryl methyl sites for hydroxylation is 3. The maximum Gasteiger partial charge on any atom is 0.242 e. The van der Waals surface area contributed by atoms with Crippen molar-refractivity contribution in [3.8, 4) is 0 Å². The first-order valence-electron chi connectivity index (χ1n) is 9.88. The maximum absolute atomic E-state index is 12.9. The molecule has 0 radical (unpaired) electrons. The van der Waals surface area contributed by atoms with Crippen LogP contribution in [0.3, 0.4) is 0 Å². The van der Waals surface area contributed by atoms with Gasteiger partial charge in [-0.25, -0.2) is 4.99 Å². The van der Waals surface area contributed by atoms with E-state index in [2.05, 4.69) is 5.32 Å². The van der Waals surface area contributed by atoms with Gasteiger partial charge in [0, 0.05) is 18.7 Å². The van der Waals surface area contributed by atoms with Gasteiger partial charge >= 0.3 is 0 Å². The van der Waals surface area contributed by atoms with Crippen LogP contribution in [0.1, 0.15) is 36.5 Å². The summed E-state index contributed by atoms with van der Waals surface area (Å²) in [5, 5.41) is 3.18. The van der Waals surface area contributed by atoms with Gasteiger partial charge in [-0.3, -0.25) is 14.5 Å². The zero-order chi connectivity index (χ0) is 21.0. The summed E-state index contributed by atoms with van der Waals surface area (Å²) in [7, 11) is 0. The molecule has 1 heterocycles. The minimum absolute atomic E-state index is 0.0414. The van der Waals surface area contributed by atoms with E-state index >= 15 is 0 Å². The smallest absolute Gasteiger partial charge is 0.242 e. The molecule has 0 saturated carbocycles. The minimum atomic E-state index is -0.450. The van der Waals surface area contributed by atoms with E-state index in [-0.39, 0.29) is 18.2 Å². The van der Waals surface area contributed by atoms with E-state index in [1.165, 1.54) is 11.8 Å². The lowest BCUT2D eigenvalue weighted by atomic mass is 10.1. The van der Waals surface area contributed by atoms with Crippen LogP contribution in [0.15, 0.2) is 47.5 Å². The number of aliphatic imine (C=N–C) groups is 1. The van der Waals surface area contributed by atoms with E-state index < -0.39 is 5.25 Å². The molecule has 1 unspecified atom stereocenters. The van der Waals surface area contributed by atoms with Gasteiger partial charge in [0.15, 0.2) is 5.17 Å². The number of thioether (sulfide) groups is 1. The Hall–Kier alpha value is -2.60. The van der Waals surface area contributed by atoms with Crippen LogP contribution in [0.25, 0.3) is 0 Å². The minimum Gasteiger partial charge on any atom is -0.326 e. The second-order valence-electron chi connectivity index (χ2n) is 7.35. The van der Waals surface area contributed by atoms with Crippen molar-refractivity contribution >= 4 is 40.1 Å². The van der Waals surface area contributed by atoms with E-state index in [0.29, 0.717) is 11.7 Å². The van der Waals surface area contributed by atoms with Crippen molar-refractivity contribution in [2.75, 3.05) is 11.9 Å². The van der Waals surface area contributed by atoms with E-state index in [1.807, 2.05) is 70.2 Å². The summed E-state index contributed by atoms with van der Waals surface area (Å²) in [5.74, 6) is -0.196. The molecule has 0 aromatic heterocycles. The second-order valence-corrected chi connectivity index (χ2v) is 8.52. The molecule has 6 heteroatoms. The average Bonchev–Trinajstić information content (AvgIpc) is 2.95. The van der Waals surface area contributed by atoms with E-state index in [9.17, 15) is 9.59 Å². The number of carbonyl (C=O) groups excluding carboxylic acids is 2. The highest BCUT2D eigenvalue weighted by molar-refractivity contribution is 8.15. The van der Waals surface area contributed by atoms with Gasteiger partial charge in [-0.1, -0.05) is 49.0 Å². The monoisotopic (exact) mass is 409 g/mol. The molecule has 0 bridgehead atoms. The van der Waals surface area contributed by atoms with Crippen LogP contribution in [0.5, 0.6) is 0 Å². The predicted octanol–water partition coefficient (Wildman–Crippen LogP) is 4.98. The number of anilines is 1. The number of rotatable bonds is 6. The Bertz CT molecular complexity index is 955. The van der Waals surface area contributed by atoms with Crippen LogP contribution >= 0.6 is 11.8 Å². The maximum atomic E-state index is 12.9. The SMILES string of the molecule is CCCN1C(=O)C(CC(=O)Nc2cc(C)ccc2C)SC1=Nc1ccccc1C. The molecule has 3 rings (SSSR count). The Morgan fingerprint density at radius 1 is 1.14 bits per heavy atom. The van der Waals surface area contributed by atoms with E-state index in [1.54, 1.807) is 4.90 Å². The van der Waals surface area contributed by atoms with Crippen molar-refractivity contribution in [1.82, 2.24) is 4.90 Å². The van der Waals surface area contributed by atoms with Gasteiger partial charge < -0.3 is 5.32 Å². The number of carbonyl (C=O) groups is 2. The molecule has 1 N–H and O–H groups in total. The number of amides is 2.